The van der Waals surface area contributed by atoms with E-state index in [2.05, 4.69) is 4.90 Å². The zero-order valence-corrected chi connectivity index (χ0v) is 13.1. The van der Waals surface area contributed by atoms with E-state index < -0.39 is 5.60 Å². The minimum atomic E-state index is -0.967. The number of benzene rings is 1. The van der Waals surface area contributed by atoms with Crippen LogP contribution in [-0.2, 0) is 18.7 Å². The van der Waals surface area contributed by atoms with E-state index in [-0.39, 0.29) is 5.82 Å². The molecule has 0 unspecified atom stereocenters. The second-order valence-corrected chi connectivity index (χ2v) is 6.59. The van der Waals surface area contributed by atoms with Crippen molar-refractivity contribution in [1.82, 2.24) is 4.90 Å². The maximum Gasteiger partial charge on any atom is 0.135 e. The van der Waals surface area contributed by atoms with Crippen LogP contribution in [-0.4, -0.2) is 16.0 Å². The van der Waals surface area contributed by atoms with Crippen molar-refractivity contribution in [2.75, 3.05) is 0 Å². The van der Waals surface area contributed by atoms with Crippen LogP contribution in [0, 0.1) is 5.82 Å². The Hall–Kier alpha value is -1.65. The summed E-state index contributed by atoms with van der Waals surface area (Å²) in [5.74, 6) is 1.21. The lowest BCUT2D eigenvalue weighted by atomic mass is 10.1. The Morgan fingerprint density at radius 3 is 2.59 bits per heavy atom. The molecule has 2 aromatic rings. The molecule has 1 heterocycles. The largest absolute Gasteiger partial charge is 0.462 e. The molecule has 22 heavy (non-hydrogen) atoms. The number of nitrogens with zero attached hydrogens (tertiary/aromatic N) is 1. The van der Waals surface area contributed by atoms with Gasteiger partial charge in [-0.05, 0) is 56.5 Å². The van der Waals surface area contributed by atoms with Crippen LogP contribution in [0.2, 0.25) is 0 Å². The van der Waals surface area contributed by atoms with Crippen LogP contribution in [0.25, 0.3) is 0 Å². The maximum atomic E-state index is 13.3. The molecule has 1 aromatic carbocycles. The van der Waals surface area contributed by atoms with Crippen molar-refractivity contribution in [3.8, 4) is 0 Å². The second-order valence-electron chi connectivity index (χ2n) is 6.59. The van der Waals surface area contributed by atoms with Crippen LogP contribution in [0.5, 0.6) is 0 Å². The summed E-state index contributed by atoms with van der Waals surface area (Å²) >= 11 is 0. The number of hydrogen-bond donors (Lipinski definition) is 1. The summed E-state index contributed by atoms with van der Waals surface area (Å²) in [7, 11) is 0. The lowest BCUT2D eigenvalue weighted by molar-refractivity contribution is 0.0515. The molecule has 3 rings (SSSR count). The van der Waals surface area contributed by atoms with Gasteiger partial charge in [0.25, 0.3) is 0 Å². The monoisotopic (exact) mass is 303 g/mol. The summed E-state index contributed by atoms with van der Waals surface area (Å²) < 4.78 is 19.1. The molecule has 1 saturated carbocycles. The maximum absolute atomic E-state index is 13.3. The van der Waals surface area contributed by atoms with Crippen molar-refractivity contribution in [2.45, 2.75) is 51.4 Å². The van der Waals surface area contributed by atoms with Gasteiger partial charge in [-0.15, -0.1) is 0 Å². The van der Waals surface area contributed by atoms with Crippen molar-refractivity contribution in [2.24, 2.45) is 0 Å². The molecule has 118 valence electrons. The van der Waals surface area contributed by atoms with E-state index in [0.29, 0.717) is 24.9 Å². The third-order valence-electron chi connectivity index (χ3n) is 3.96. The van der Waals surface area contributed by atoms with Crippen molar-refractivity contribution < 1.29 is 13.9 Å². The number of hydrogen-bond acceptors (Lipinski definition) is 3. The van der Waals surface area contributed by atoms with Crippen molar-refractivity contribution in [3.63, 3.8) is 0 Å². The number of furan rings is 1. The molecular weight excluding hydrogens is 281 g/mol. The Bertz CT molecular complexity index is 641. The molecule has 0 aliphatic heterocycles. The van der Waals surface area contributed by atoms with E-state index in [1.54, 1.807) is 26.0 Å². The highest BCUT2D eigenvalue weighted by Crippen LogP contribution is 2.31. The van der Waals surface area contributed by atoms with Crippen molar-refractivity contribution >= 4 is 0 Å². The molecule has 0 radical (unpaired) electrons. The lowest BCUT2D eigenvalue weighted by Crippen LogP contribution is -2.25. The smallest absolute Gasteiger partial charge is 0.135 e. The molecule has 0 atom stereocenters. The van der Waals surface area contributed by atoms with Gasteiger partial charge < -0.3 is 9.52 Å². The quantitative estimate of drug-likeness (QED) is 0.881. The van der Waals surface area contributed by atoms with Crippen LogP contribution in [0.15, 0.2) is 40.8 Å². The highest BCUT2D eigenvalue weighted by molar-refractivity contribution is 5.17. The predicted octanol–water partition coefficient (Wildman–Crippen LogP) is 3.81. The normalized spacial score (nSPS) is 15.5. The van der Waals surface area contributed by atoms with Gasteiger partial charge in [-0.3, -0.25) is 4.90 Å². The van der Waals surface area contributed by atoms with E-state index in [1.165, 1.54) is 18.9 Å². The second kappa shape index (κ2) is 5.86. The third-order valence-corrected chi connectivity index (χ3v) is 3.96. The molecule has 1 aliphatic carbocycles. The fraction of sp³-hybridized carbons (Fsp3) is 0.444. The first-order valence-corrected chi connectivity index (χ1v) is 7.72. The van der Waals surface area contributed by atoms with Crippen LogP contribution in [0.3, 0.4) is 0 Å². The summed E-state index contributed by atoms with van der Waals surface area (Å²) in [6.45, 7) is 4.81. The van der Waals surface area contributed by atoms with Crippen LogP contribution < -0.4 is 0 Å². The van der Waals surface area contributed by atoms with Gasteiger partial charge in [-0.25, -0.2) is 4.39 Å². The van der Waals surface area contributed by atoms with E-state index >= 15 is 0 Å². The van der Waals surface area contributed by atoms with Gasteiger partial charge in [0, 0.05) is 12.6 Å². The highest BCUT2D eigenvalue weighted by atomic mass is 19.1. The highest BCUT2D eigenvalue weighted by Gasteiger charge is 2.30. The average Bonchev–Trinajstić information content (AvgIpc) is 3.16. The molecule has 0 amide bonds. The summed E-state index contributed by atoms with van der Waals surface area (Å²) in [6, 6.07) is 11.0. The van der Waals surface area contributed by atoms with Gasteiger partial charge >= 0.3 is 0 Å². The standard InChI is InChI=1S/C18H22FNO2/c1-18(2,21)17-9-8-16(22-17)12-20(15-6-7-15)11-13-4-3-5-14(19)10-13/h3-5,8-10,15,21H,6-7,11-12H2,1-2H3. The summed E-state index contributed by atoms with van der Waals surface area (Å²) in [5, 5.41) is 9.97. The molecule has 1 aromatic heterocycles. The molecule has 4 heteroatoms. The third kappa shape index (κ3) is 3.76. The number of rotatable bonds is 6. The number of halogens is 1. The SMILES string of the molecule is CC(C)(O)c1ccc(CN(Cc2cccc(F)c2)C2CC2)o1. The Kier molecular flexibility index (Phi) is 4.06. The van der Waals surface area contributed by atoms with Gasteiger partial charge in [-0.1, -0.05) is 12.1 Å². The minimum absolute atomic E-state index is 0.199. The zero-order chi connectivity index (χ0) is 15.7. The Morgan fingerprint density at radius 2 is 2.00 bits per heavy atom. The first-order valence-electron chi connectivity index (χ1n) is 7.72. The molecule has 0 bridgehead atoms. The molecular formula is C18H22FNO2. The van der Waals surface area contributed by atoms with Crippen LogP contribution >= 0.6 is 0 Å². The van der Waals surface area contributed by atoms with Crippen molar-refractivity contribution in [1.29, 1.82) is 0 Å². The van der Waals surface area contributed by atoms with Gasteiger partial charge in [0.05, 0.1) is 6.54 Å². The Morgan fingerprint density at radius 1 is 1.23 bits per heavy atom. The molecule has 1 fully saturated rings. The lowest BCUT2D eigenvalue weighted by Gasteiger charge is -2.21. The first kappa shape index (κ1) is 15.3. The number of aliphatic hydroxyl groups is 1. The fourth-order valence-corrected chi connectivity index (χ4v) is 2.62. The van der Waals surface area contributed by atoms with E-state index in [0.717, 1.165) is 11.3 Å². The molecule has 0 saturated heterocycles. The summed E-state index contributed by atoms with van der Waals surface area (Å²) in [5.41, 5.74) is 0.00626. The van der Waals surface area contributed by atoms with Crippen LogP contribution in [0.4, 0.5) is 4.39 Å². The van der Waals surface area contributed by atoms with Gasteiger partial charge in [0.2, 0.25) is 0 Å². The van der Waals surface area contributed by atoms with E-state index in [9.17, 15) is 9.50 Å². The molecule has 1 aliphatic rings. The van der Waals surface area contributed by atoms with Crippen LogP contribution in [0.1, 0.15) is 43.8 Å². The molecule has 1 N–H and O–H groups in total. The minimum Gasteiger partial charge on any atom is -0.462 e. The summed E-state index contributed by atoms with van der Waals surface area (Å²) in [6.07, 6.45) is 2.35. The predicted molar refractivity (Wildman–Crippen MR) is 82.6 cm³/mol. The Labute approximate surface area is 130 Å². The summed E-state index contributed by atoms with van der Waals surface area (Å²) in [4.78, 5) is 2.31. The van der Waals surface area contributed by atoms with Gasteiger partial charge in [0.1, 0.15) is 22.9 Å². The molecule has 0 spiro atoms. The Balaban J connectivity index is 1.71. The first-order chi connectivity index (χ1) is 10.4. The topological polar surface area (TPSA) is 36.6 Å². The molecule has 3 nitrogen and oxygen atoms in total. The average molecular weight is 303 g/mol. The zero-order valence-electron chi connectivity index (χ0n) is 13.1. The van der Waals surface area contributed by atoms with Crippen molar-refractivity contribution in [3.05, 3.63) is 59.3 Å². The fourth-order valence-electron chi connectivity index (χ4n) is 2.62. The van der Waals surface area contributed by atoms with E-state index in [4.69, 9.17) is 4.42 Å². The van der Waals surface area contributed by atoms with Gasteiger partial charge in [-0.2, -0.15) is 0 Å². The van der Waals surface area contributed by atoms with E-state index in [1.807, 2.05) is 18.2 Å². The van der Waals surface area contributed by atoms with Gasteiger partial charge in [0.15, 0.2) is 0 Å².